The molecule has 1 N–H and O–H groups in total. The van der Waals surface area contributed by atoms with Gasteiger partial charge in [0.25, 0.3) is 5.56 Å². The molecule has 0 aliphatic carbocycles. The van der Waals surface area contributed by atoms with Crippen molar-refractivity contribution in [3.8, 4) is 0 Å². The maximum atomic E-state index is 12.9. The van der Waals surface area contributed by atoms with Crippen molar-refractivity contribution in [3.63, 3.8) is 0 Å². The van der Waals surface area contributed by atoms with Crippen molar-refractivity contribution in [2.45, 2.75) is 45.2 Å². The summed E-state index contributed by atoms with van der Waals surface area (Å²) in [6.07, 6.45) is 6.45. The molecule has 0 bridgehead atoms. The number of carbonyl (C=O) groups is 1. The Balaban J connectivity index is 1.39. The van der Waals surface area contributed by atoms with E-state index in [1.54, 1.807) is 6.20 Å². The fourth-order valence-corrected chi connectivity index (χ4v) is 4.42. The maximum Gasteiger partial charge on any atom is 0.291 e. The molecule has 1 atom stereocenters. The summed E-state index contributed by atoms with van der Waals surface area (Å²) < 4.78 is 3.13. The van der Waals surface area contributed by atoms with Gasteiger partial charge in [-0.25, -0.2) is 4.68 Å². The second kappa shape index (κ2) is 8.37. The second-order valence-electron chi connectivity index (χ2n) is 8.03. The van der Waals surface area contributed by atoms with Crippen LogP contribution in [-0.4, -0.2) is 50.8 Å². The summed E-state index contributed by atoms with van der Waals surface area (Å²) >= 11 is 0. The third-order valence-corrected chi connectivity index (χ3v) is 6.09. The van der Waals surface area contributed by atoms with Crippen molar-refractivity contribution in [1.29, 1.82) is 0 Å². The standard InChI is InChI=1S/C22H29N5O2/c1-16-8-5-6-12-26(16)13-7-11-23-20(28)15-27-22(29)21-18(14-24-27)17-9-3-4-10-19(17)25(21)2/h3-4,9-10,14,16H,5-8,11-13,15H2,1-2H3,(H,23,28). The number of rotatable bonds is 6. The third-order valence-electron chi connectivity index (χ3n) is 6.09. The molecule has 1 aliphatic rings. The number of carbonyl (C=O) groups excluding carboxylic acids is 1. The monoisotopic (exact) mass is 395 g/mol. The summed E-state index contributed by atoms with van der Waals surface area (Å²) in [5.74, 6) is -0.176. The van der Waals surface area contributed by atoms with Gasteiger partial charge < -0.3 is 14.8 Å². The van der Waals surface area contributed by atoms with Gasteiger partial charge in [0, 0.05) is 42.5 Å². The molecule has 3 heterocycles. The van der Waals surface area contributed by atoms with Gasteiger partial charge in [-0.05, 0) is 38.8 Å². The number of fused-ring (bicyclic) bond motifs is 3. The molecule has 1 unspecified atom stereocenters. The van der Waals surface area contributed by atoms with E-state index in [0.29, 0.717) is 18.1 Å². The first-order valence-electron chi connectivity index (χ1n) is 10.5. The van der Waals surface area contributed by atoms with Gasteiger partial charge in [0.15, 0.2) is 0 Å². The molecule has 2 aromatic heterocycles. The van der Waals surface area contributed by atoms with E-state index < -0.39 is 0 Å². The number of likely N-dealkylation sites (tertiary alicyclic amines) is 1. The highest BCUT2D eigenvalue weighted by atomic mass is 16.2. The minimum absolute atomic E-state index is 0.0591. The summed E-state index contributed by atoms with van der Waals surface area (Å²) in [6, 6.07) is 8.50. The lowest BCUT2D eigenvalue weighted by Crippen LogP contribution is -2.40. The number of para-hydroxylation sites is 1. The van der Waals surface area contributed by atoms with E-state index in [2.05, 4.69) is 22.2 Å². The minimum atomic E-state index is -0.238. The van der Waals surface area contributed by atoms with E-state index in [0.717, 1.165) is 35.8 Å². The number of aryl methyl sites for hydroxylation is 1. The SMILES string of the molecule is CC1CCCCN1CCCNC(=O)Cn1ncc2c3ccccc3n(C)c2c1=O. The van der Waals surface area contributed by atoms with Crippen LogP contribution >= 0.6 is 0 Å². The van der Waals surface area contributed by atoms with Crippen molar-refractivity contribution in [1.82, 2.24) is 24.6 Å². The number of benzene rings is 1. The average Bonchev–Trinajstić information content (AvgIpc) is 3.02. The van der Waals surface area contributed by atoms with Gasteiger partial charge in [0.2, 0.25) is 5.91 Å². The van der Waals surface area contributed by atoms with Crippen LogP contribution in [0.1, 0.15) is 32.6 Å². The van der Waals surface area contributed by atoms with Gasteiger partial charge in [-0.2, -0.15) is 5.10 Å². The van der Waals surface area contributed by atoms with Crippen molar-refractivity contribution >= 4 is 27.7 Å². The lowest BCUT2D eigenvalue weighted by molar-refractivity contribution is -0.121. The molecule has 29 heavy (non-hydrogen) atoms. The lowest BCUT2D eigenvalue weighted by Gasteiger charge is -2.33. The number of piperidine rings is 1. The highest BCUT2D eigenvalue weighted by Gasteiger charge is 2.18. The Morgan fingerprint density at radius 3 is 2.90 bits per heavy atom. The summed E-state index contributed by atoms with van der Waals surface area (Å²) in [7, 11) is 1.87. The summed E-state index contributed by atoms with van der Waals surface area (Å²) in [5, 5.41) is 8.99. The van der Waals surface area contributed by atoms with E-state index in [1.807, 2.05) is 35.9 Å². The number of hydrogen-bond donors (Lipinski definition) is 1. The van der Waals surface area contributed by atoms with Gasteiger partial charge in [0.1, 0.15) is 12.1 Å². The summed E-state index contributed by atoms with van der Waals surface area (Å²) in [5.41, 5.74) is 1.32. The quantitative estimate of drug-likeness (QED) is 0.650. The normalized spacial score (nSPS) is 17.8. The van der Waals surface area contributed by atoms with Crippen LogP contribution in [0.4, 0.5) is 0 Å². The van der Waals surface area contributed by atoms with Crippen LogP contribution in [-0.2, 0) is 18.4 Å². The van der Waals surface area contributed by atoms with Crippen LogP contribution in [0.3, 0.4) is 0 Å². The Kier molecular flexibility index (Phi) is 5.67. The molecule has 154 valence electrons. The zero-order valence-electron chi connectivity index (χ0n) is 17.2. The third kappa shape index (κ3) is 3.92. The molecule has 0 spiro atoms. The summed E-state index contributed by atoms with van der Waals surface area (Å²) in [4.78, 5) is 27.8. The number of nitrogens with zero attached hydrogens (tertiary/aromatic N) is 4. The van der Waals surface area contributed by atoms with E-state index in [9.17, 15) is 9.59 Å². The molecule has 1 aliphatic heterocycles. The van der Waals surface area contributed by atoms with E-state index in [4.69, 9.17) is 0 Å². The van der Waals surface area contributed by atoms with Gasteiger partial charge in [0.05, 0.1) is 6.20 Å². The predicted octanol–water partition coefficient (Wildman–Crippen LogP) is 2.27. The largest absolute Gasteiger partial charge is 0.354 e. The molecule has 0 saturated carbocycles. The smallest absolute Gasteiger partial charge is 0.291 e. The molecular weight excluding hydrogens is 366 g/mol. The van der Waals surface area contributed by atoms with Crippen LogP contribution in [0.2, 0.25) is 0 Å². The summed E-state index contributed by atoms with van der Waals surface area (Å²) in [6.45, 7) is 4.99. The molecule has 1 saturated heterocycles. The van der Waals surface area contributed by atoms with Gasteiger partial charge in [-0.1, -0.05) is 24.6 Å². The number of amides is 1. The Bertz CT molecular complexity index is 1080. The predicted molar refractivity (Wildman–Crippen MR) is 115 cm³/mol. The highest BCUT2D eigenvalue weighted by molar-refractivity contribution is 6.07. The van der Waals surface area contributed by atoms with Crippen molar-refractivity contribution in [3.05, 3.63) is 40.8 Å². The molecule has 1 aromatic carbocycles. The zero-order chi connectivity index (χ0) is 20.4. The Morgan fingerprint density at radius 2 is 2.07 bits per heavy atom. The zero-order valence-corrected chi connectivity index (χ0v) is 17.2. The van der Waals surface area contributed by atoms with Crippen LogP contribution < -0.4 is 10.9 Å². The highest BCUT2D eigenvalue weighted by Crippen LogP contribution is 2.24. The van der Waals surface area contributed by atoms with Crippen molar-refractivity contribution in [2.24, 2.45) is 7.05 Å². The molecule has 1 amide bonds. The van der Waals surface area contributed by atoms with Crippen LogP contribution in [0.15, 0.2) is 35.3 Å². The number of nitrogens with one attached hydrogen (secondary N) is 1. The first-order valence-corrected chi connectivity index (χ1v) is 10.5. The van der Waals surface area contributed by atoms with E-state index in [1.165, 1.54) is 23.9 Å². The minimum Gasteiger partial charge on any atom is -0.354 e. The maximum absolute atomic E-state index is 12.9. The van der Waals surface area contributed by atoms with Crippen LogP contribution in [0, 0.1) is 0 Å². The van der Waals surface area contributed by atoms with Gasteiger partial charge in [-0.3, -0.25) is 9.59 Å². The van der Waals surface area contributed by atoms with Gasteiger partial charge >= 0.3 is 0 Å². The Morgan fingerprint density at radius 1 is 1.24 bits per heavy atom. The Hall–Kier alpha value is -2.67. The van der Waals surface area contributed by atoms with E-state index in [-0.39, 0.29) is 18.0 Å². The van der Waals surface area contributed by atoms with Crippen molar-refractivity contribution in [2.75, 3.05) is 19.6 Å². The van der Waals surface area contributed by atoms with Crippen LogP contribution in [0.25, 0.3) is 21.8 Å². The van der Waals surface area contributed by atoms with E-state index >= 15 is 0 Å². The first kappa shape index (κ1) is 19.6. The Labute approximate surface area is 170 Å². The number of hydrogen-bond acceptors (Lipinski definition) is 4. The van der Waals surface area contributed by atoms with Gasteiger partial charge in [-0.15, -0.1) is 0 Å². The molecule has 0 radical (unpaired) electrons. The molecule has 7 nitrogen and oxygen atoms in total. The topological polar surface area (TPSA) is 72.2 Å². The second-order valence-corrected chi connectivity index (χ2v) is 8.03. The fraction of sp³-hybridized carbons (Fsp3) is 0.500. The van der Waals surface area contributed by atoms with Crippen molar-refractivity contribution < 1.29 is 4.79 Å². The lowest BCUT2D eigenvalue weighted by atomic mass is 10.0. The van der Waals surface area contributed by atoms with Crippen LogP contribution in [0.5, 0.6) is 0 Å². The first-order chi connectivity index (χ1) is 14.1. The molecule has 3 aromatic rings. The fourth-order valence-electron chi connectivity index (χ4n) is 4.42. The molecular formula is C22H29N5O2. The molecule has 4 rings (SSSR count). The average molecular weight is 396 g/mol. The molecule has 1 fully saturated rings. The molecule has 7 heteroatoms. The number of aromatic nitrogens is 3.